The van der Waals surface area contributed by atoms with Crippen molar-refractivity contribution in [1.82, 2.24) is 10.2 Å². The van der Waals surface area contributed by atoms with Crippen LogP contribution in [0.15, 0.2) is 18.2 Å². The molecule has 118 valence electrons. The molecule has 0 aromatic heterocycles. The van der Waals surface area contributed by atoms with Crippen LogP contribution in [0.1, 0.15) is 43.5 Å². The van der Waals surface area contributed by atoms with Gasteiger partial charge in [-0.05, 0) is 45.4 Å². The molecule has 1 heterocycles. The quantitative estimate of drug-likeness (QED) is 0.902. The maximum absolute atomic E-state index is 5.84. The summed E-state index contributed by atoms with van der Waals surface area (Å²) in [6.07, 6.45) is 0.658. The third-order valence-electron chi connectivity index (χ3n) is 4.19. The number of aryl methyl sites for hydroxylation is 2. The first kappa shape index (κ1) is 16.5. The molecule has 0 spiro atoms. The summed E-state index contributed by atoms with van der Waals surface area (Å²) >= 11 is 0. The zero-order valence-electron chi connectivity index (χ0n) is 14.1. The van der Waals surface area contributed by atoms with Crippen LogP contribution < -0.4 is 5.32 Å². The number of nitrogens with one attached hydrogen (secondary N) is 1. The number of morpholine rings is 1. The van der Waals surface area contributed by atoms with Crippen LogP contribution in [0.25, 0.3) is 0 Å². The van der Waals surface area contributed by atoms with E-state index in [0.29, 0.717) is 18.2 Å². The number of ether oxygens (including phenoxy) is 1. The Morgan fingerprint density at radius 3 is 2.48 bits per heavy atom. The zero-order valence-corrected chi connectivity index (χ0v) is 14.1. The van der Waals surface area contributed by atoms with Crippen LogP contribution in [-0.4, -0.2) is 43.3 Å². The molecule has 0 saturated carbocycles. The Morgan fingerprint density at radius 2 is 1.90 bits per heavy atom. The van der Waals surface area contributed by atoms with Crippen molar-refractivity contribution in [3.63, 3.8) is 0 Å². The number of nitrogens with zero attached hydrogens (tertiary/aromatic N) is 1. The summed E-state index contributed by atoms with van der Waals surface area (Å²) in [5.74, 6) is 0. The average Bonchev–Trinajstić information content (AvgIpc) is 2.37. The first-order chi connectivity index (χ1) is 9.99. The van der Waals surface area contributed by atoms with E-state index in [4.69, 9.17) is 4.74 Å². The maximum atomic E-state index is 5.84. The molecular formula is C18H30N2O. The van der Waals surface area contributed by atoms with Gasteiger partial charge in [-0.25, -0.2) is 0 Å². The minimum absolute atomic E-state index is 0.329. The minimum Gasteiger partial charge on any atom is -0.373 e. The highest BCUT2D eigenvalue weighted by atomic mass is 16.5. The van der Waals surface area contributed by atoms with Crippen LogP contribution in [0.3, 0.4) is 0 Å². The number of benzene rings is 1. The van der Waals surface area contributed by atoms with E-state index in [9.17, 15) is 0 Å². The largest absolute Gasteiger partial charge is 0.373 e. The summed E-state index contributed by atoms with van der Waals surface area (Å²) in [5, 5.41) is 3.65. The zero-order chi connectivity index (χ0) is 15.4. The van der Waals surface area contributed by atoms with Crippen molar-refractivity contribution in [3.8, 4) is 0 Å². The molecule has 2 rings (SSSR count). The Balaban J connectivity index is 2.11. The lowest BCUT2D eigenvalue weighted by Gasteiger charge is -2.37. The van der Waals surface area contributed by atoms with Crippen molar-refractivity contribution >= 4 is 0 Å². The third-order valence-corrected chi connectivity index (χ3v) is 4.19. The monoisotopic (exact) mass is 290 g/mol. The second-order valence-electron chi connectivity index (χ2n) is 6.45. The Hall–Kier alpha value is -0.900. The van der Waals surface area contributed by atoms with E-state index in [2.05, 4.69) is 63.0 Å². The summed E-state index contributed by atoms with van der Waals surface area (Å²) in [4.78, 5) is 2.53. The summed E-state index contributed by atoms with van der Waals surface area (Å²) in [7, 11) is 0. The molecule has 21 heavy (non-hydrogen) atoms. The van der Waals surface area contributed by atoms with Gasteiger partial charge in [0.25, 0.3) is 0 Å². The predicted molar refractivity (Wildman–Crippen MR) is 88.8 cm³/mol. The molecule has 3 nitrogen and oxygen atoms in total. The second kappa shape index (κ2) is 7.39. The van der Waals surface area contributed by atoms with Gasteiger partial charge in [0, 0.05) is 25.7 Å². The molecular weight excluding hydrogens is 260 g/mol. The lowest BCUT2D eigenvalue weighted by Crippen LogP contribution is -2.48. The molecule has 1 saturated heterocycles. The van der Waals surface area contributed by atoms with Crippen LogP contribution in [0.5, 0.6) is 0 Å². The van der Waals surface area contributed by atoms with E-state index < -0.39 is 0 Å². The summed E-state index contributed by atoms with van der Waals surface area (Å²) < 4.78 is 5.84. The van der Waals surface area contributed by atoms with E-state index in [1.807, 2.05) is 0 Å². The topological polar surface area (TPSA) is 24.5 Å². The Kier molecular flexibility index (Phi) is 5.80. The van der Waals surface area contributed by atoms with Gasteiger partial charge < -0.3 is 10.1 Å². The fourth-order valence-electron chi connectivity index (χ4n) is 3.43. The van der Waals surface area contributed by atoms with Crippen molar-refractivity contribution in [3.05, 3.63) is 34.9 Å². The van der Waals surface area contributed by atoms with Crippen molar-refractivity contribution in [1.29, 1.82) is 0 Å². The van der Waals surface area contributed by atoms with Crippen LogP contribution in [0.2, 0.25) is 0 Å². The van der Waals surface area contributed by atoms with Gasteiger partial charge in [0.1, 0.15) is 0 Å². The van der Waals surface area contributed by atoms with Gasteiger partial charge in [-0.2, -0.15) is 0 Å². The molecule has 1 unspecified atom stereocenters. The van der Waals surface area contributed by atoms with E-state index in [-0.39, 0.29) is 0 Å². The minimum atomic E-state index is 0.329. The highest BCUT2D eigenvalue weighted by Gasteiger charge is 2.25. The van der Waals surface area contributed by atoms with Gasteiger partial charge in [-0.3, -0.25) is 4.90 Å². The molecule has 1 N–H and O–H groups in total. The molecule has 3 heteroatoms. The van der Waals surface area contributed by atoms with Gasteiger partial charge in [-0.15, -0.1) is 0 Å². The fraction of sp³-hybridized carbons (Fsp3) is 0.667. The average molecular weight is 290 g/mol. The van der Waals surface area contributed by atoms with E-state index >= 15 is 0 Å². The van der Waals surface area contributed by atoms with Crippen molar-refractivity contribution < 1.29 is 4.74 Å². The highest BCUT2D eigenvalue weighted by Crippen LogP contribution is 2.22. The normalized spacial score (nSPS) is 25.0. The molecule has 1 aromatic rings. The van der Waals surface area contributed by atoms with Crippen LogP contribution in [0.4, 0.5) is 0 Å². The Morgan fingerprint density at radius 1 is 1.24 bits per heavy atom. The number of hydrogen-bond donors (Lipinski definition) is 1. The Bertz CT molecular complexity index is 451. The molecule has 1 fully saturated rings. The molecule has 0 bridgehead atoms. The third kappa shape index (κ3) is 4.53. The molecule has 1 aliphatic rings. The van der Waals surface area contributed by atoms with Gasteiger partial charge in [0.15, 0.2) is 0 Å². The Labute approximate surface area is 129 Å². The summed E-state index contributed by atoms with van der Waals surface area (Å²) in [6.45, 7) is 15.0. The molecule has 3 atom stereocenters. The van der Waals surface area contributed by atoms with Crippen LogP contribution in [-0.2, 0) is 4.74 Å². The van der Waals surface area contributed by atoms with Crippen LogP contribution in [0, 0.1) is 13.8 Å². The molecule has 0 radical (unpaired) electrons. The summed E-state index contributed by atoms with van der Waals surface area (Å²) in [6, 6.07) is 7.18. The maximum Gasteiger partial charge on any atom is 0.0678 e. The van der Waals surface area contributed by atoms with Crippen LogP contribution >= 0.6 is 0 Å². The van der Waals surface area contributed by atoms with E-state index in [0.717, 1.165) is 26.2 Å². The lowest BCUT2D eigenvalue weighted by molar-refractivity contribution is -0.0699. The van der Waals surface area contributed by atoms with E-state index in [1.54, 1.807) is 0 Å². The van der Waals surface area contributed by atoms with Gasteiger partial charge in [0.05, 0.1) is 12.2 Å². The highest BCUT2D eigenvalue weighted by molar-refractivity contribution is 5.33. The SMILES string of the molecule is CCNC(CN1C[C@@H](C)O[C@@H](C)C1)c1ccc(C)cc1C. The van der Waals surface area contributed by atoms with Gasteiger partial charge in [0.2, 0.25) is 0 Å². The smallest absolute Gasteiger partial charge is 0.0678 e. The van der Waals surface area contributed by atoms with Crippen molar-refractivity contribution in [2.45, 2.75) is 52.9 Å². The van der Waals surface area contributed by atoms with Gasteiger partial charge >= 0.3 is 0 Å². The number of rotatable bonds is 5. The lowest BCUT2D eigenvalue weighted by atomic mass is 9.98. The standard InChI is InChI=1S/C18H30N2O/c1-6-19-18(17-8-7-13(2)9-14(17)3)12-20-10-15(4)21-16(5)11-20/h7-9,15-16,18-19H,6,10-12H2,1-5H3/t15-,16+,18?. The van der Waals surface area contributed by atoms with Crippen molar-refractivity contribution in [2.24, 2.45) is 0 Å². The first-order valence-electron chi connectivity index (χ1n) is 8.18. The fourth-order valence-corrected chi connectivity index (χ4v) is 3.43. The number of hydrogen-bond acceptors (Lipinski definition) is 3. The van der Waals surface area contributed by atoms with Gasteiger partial charge in [-0.1, -0.05) is 30.7 Å². The molecule has 1 aliphatic heterocycles. The summed E-state index contributed by atoms with van der Waals surface area (Å²) in [5.41, 5.74) is 4.14. The molecule has 0 amide bonds. The van der Waals surface area contributed by atoms with Crippen molar-refractivity contribution in [2.75, 3.05) is 26.2 Å². The first-order valence-corrected chi connectivity index (χ1v) is 8.18. The predicted octanol–water partition coefficient (Wildman–Crippen LogP) is 3.06. The van der Waals surface area contributed by atoms with E-state index in [1.165, 1.54) is 16.7 Å². The molecule has 1 aromatic carbocycles. The second-order valence-corrected chi connectivity index (χ2v) is 6.45. The molecule has 0 aliphatic carbocycles. The number of likely N-dealkylation sites (N-methyl/N-ethyl adjacent to an activating group) is 1.